The van der Waals surface area contributed by atoms with Crippen LogP contribution in [0.2, 0.25) is 0 Å². The van der Waals surface area contributed by atoms with Crippen LogP contribution in [0.4, 0.5) is 0 Å². The lowest BCUT2D eigenvalue weighted by Crippen LogP contribution is -2.47. The third kappa shape index (κ3) is 2.10. The van der Waals surface area contributed by atoms with Gasteiger partial charge in [0.25, 0.3) is 0 Å². The molecule has 2 heteroatoms. The second-order valence-corrected chi connectivity index (χ2v) is 6.73. The molecule has 0 aliphatic heterocycles. The number of pyridine rings is 1. The standard InChI is InChI=1S/C17H25NO/c1-12(2)14-7-3-4-10-17(14,19)15-9-8-13-6-5-11-18-16(13)15/h5-6,11-12,14-15,19H,3-4,7-10H2,1-2H3. The van der Waals surface area contributed by atoms with Crippen molar-refractivity contribution in [3.8, 4) is 0 Å². The lowest BCUT2D eigenvalue weighted by molar-refractivity contribution is -0.0872. The van der Waals surface area contributed by atoms with Crippen molar-refractivity contribution in [1.29, 1.82) is 0 Å². The van der Waals surface area contributed by atoms with Crippen LogP contribution in [0.5, 0.6) is 0 Å². The van der Waals surface area contributed by atoms with E-state index in [9.17, 15) is 5.11 Å². The van der Waals surface area contributed by atoms with Crippen molar-refractivity contribution < 1.29 is 5.11 Å². The van der Waals surface area contributed by atoms with Crippen LogP contribution in [-0.2, 0) is 6.42 Å². The van der Waals surface area contributed by atoms with Crippen LogP contribution < -0.4 is 0 Å². The fourth-order valence-electron chi connectivity index (χ4n) is 4.45. The molecule has 0 spiro atoms. The number of hydrogen-bond donors (Lipinski definition) is 1. The largest absolute Gasteiger partial charge is 0.389 e. The molecule has 3 rings (SSSR count). The molecule has 2 aliphatic carbocycles. The minimum absolute atomic E-state index is 0.261. The molecule has 1 aromatic rings. The first-order valence-electron chi connectivity index (χ1n) is 7.79. The number of aromatic nitrogens is 1. The van der Waals surface area contributed by atoms with Crippen LogP contribution in [0.25, 0.3) is 0 Å². The molecular formula is C17H25NO. The lowest BCUT2D eigenvalue weighted by atomic mass is 9.64. The van der Waals surface area contributed by atoms with Gasteiger partial charge in [-0.15, -0.1) is 0 Å². The van der Waals surface area contributed by atoms with Crippen LogP contribution in [0, 0.1) is 11.8 Å². The minimum Gasteiger partial charge on any atom is -0.389 e. The Balaban J connectivity index is 1.96. The molecule has 0 amide bonds. The van der Waals surface area contributed by atoms with E-state index in [2.05, 4.69) is 24.9 Å². The van der Waals surface area contributed by atoms with Crippen molar-refractivity contribution in [3.05, 3.63) is 29.6 Å². The van der Waals surface area contributed by atoms with Crippen LogP contribution >= 0.6 is 0 Å². The monoisotopic (exact) mass is 259 g/mol. The molecule has 104 valence electrons. The van der Waals surface area contributed by atoms with Crippen molar-refractivity contribution in [1.82, 2.24) is 4.98 Å². The predicted molar refractivity (Wildman–Crippen MR) is 77.0 cm³/mol. The molecule has 0 aromatic carbocycles. The molecule has 0 saturated heterocycles. The first-order chi connectivity index (χ1) is 9.13. The van der Waals surface area contributed by atoms with Crippen molar-refractivity contribution in [2.75, 3.05) is 0 Å². The number of hydrogen-bond acceptors (Lipinski definition) is 2. The minimum atomic E-state index is -0.522. The average Bonchev–Trinajstić information content (AvgIpc) is 2.83. The summed E-state index contributed by atoms with van der Waals surface area (Å²) in [4.78, 5) is 4.59. The van der Waals surface area contributed by atoms with Crippen LogP contribution in [0.1, 0.15) is 63.1 Å². The maximum atomic E-state index is 11.4. The Hall–Kier alpha value is -0.890. The van der Waals surface area contributed by atoms with E-state index in [0.29, 0.717) is 11.8 Å². The molecule has 0 radical (unpaired) electrons. The van der Waals surface area contributed by atoms with Gasteiger partial charge in [0.05, 0.1) is 5.60 Å². The second kappa shape index (κ2) is 4.90. The molecule has 0 bridgehead atoms. The maximum Gasteiger partial charge on any atom is 0.0761 e. The Labute approximate surface area is 116 Å². The van der Waals surface area contributed by atoms with E-state index in [4.69, 9.17) is 0 Å². The summed E-state index contributed by atoms with van der Waals surface area (Å²) in [5.74, 6) is 1.24. The molecule has 2 nitrogen and oxygen atoms in total. The van der Waals surface area contributed by atoms with Gasteiger partial charge in [-0.2, -0.15) is 0 Å². The average molecular weight is 259 g/mol. The smallest absolute Gasteiger partial charge is 0.0761 e. The Morgan fingerprint density at radius 2 is 2.16 bits per heavy atom. The number of aryl methyl sites for hydroxylation is 1. The summed E-state index contributed by atoms with van der Waals surface area (Å²) >= 11 is 0. The van der Waals surface area contributed by atoms with Crippen molar-refractivity contribution >= 4 is 0 Å². The van der Waals surface area contributed by atoms with Crippen molar-refractivity contribution in [2.45, 2.75) is 63.9 Å². The highest BCUT2D eigenvalue weighted by molar-refractivity contribution is 5.32. The summed E-state index contributed by atoms with van der Waals surface area (Å²) in [7, 11) is 0. The molecule has 1 aromatic heterocycles. The molecular weight excluding hydrogens is 234 g/mol. The summed E-state index contributed by atoms with van der Waals surface area (Å²) in [6.07, 6.45) is 8.61. The molecule has 19 heavy (non-hydrogen) atoms. The Kier molecular flexibility index (Phi) is 3.38. The van der Waals surface area contributed by atoms with E-state index in [1.807, 2.05) is 12.3 Å². The van der Waals surface area contributed by atoms with Crippen molar-refractivity contribution in [3.63, 3.8) is 0 Å². The SMILES string of the molecule is CC(C)C1CCCCC1(O)C1CCc2cccnc21. The summed E-state index contributed by atoms with van der Waals surface area (Å²) < 4.78 is 0. The molecule has 2 aliphatic rings. The number of fused-ring (bicyclic) bond motifs is 1. The van der Waals surface area contributed by atoms with Gasteiger partial charge < -0.3 is 5.11 Å². The van der Waals surface area contributed by atoms with E-state index in [1.165, 1.54) is 30.5 Å². The Bertz CT molecular complexity index is 456. The van der Waals surface area contributed by atoms with Gasteiger partial charge in [-0.3, -0.25) is 4.98 Å². The first kappa shape index (κ1) is 13.1. The predicted octanol–water partition coefficient (Wildman–Crippen LogP) is 3.69. The number of rotatable bonds is 2. The fourth-order valence-corrected chi connectivity index (χ4v) is 4.45. The van der Waals surface area contributed by atoms with E-state index >= 15 is 0 Å². The summed E-state index contributed by atoms with van der Waals surface area (Å²) in [5, 5.41) is 11.4. The normalized spacial score (nSPS) is 34.5. The van der Waals surface area contributed by atoms with Crippen LogP contribution in [-0.4, -0.2) is 15.7 Å². The van der Waals surface area contributed by atoms with Gasteiger partial charge in [0, 0.05) is 17.8 Å². The fraction of sp³-hybridized carbons (Fsp3) is 0.706. The van der Waals surface area contributed by atoms with Gasteiger partial charge in [0.1, 0.15) is 0 Å². The van der Waals surface area contributed by atoms with Gasteiger partial charge in [-0.1, -0.05) is 32.8 Å². The molecule has 1 N–H and O–H groups in total. The molecule has 1 saturated carbocycles. The molecule has 1 heterocycles. The van der Waals surface area contributed by atoms with E-state index in [-0.39, 0.29) is 5.92 Å². The zero-order valence-corrected chi connectivity index (χ0v) is 12.1. The topological polar surface area (TPSA) is 33.1 Å². The lowest BCUT2D eigenvalue weighted by Gasteiger charge is -2.46. The van der Waals surface area contributed by atoms with Gasteiger partial charge >= 0.3 is 0 Å². The summed E-state index contributed by atoms with van der Waals surface area (Å²) in [6, 6.07) is 4.20. The van der Waals surface area contributed by atoms with E-state index in [1.54, 1.807) is 0 Å². The quantitative estimate of drug-likeness (QED) is 0.878. The van der Waals surface area contributed by atoms with Gasteiger partial charge in [-0.25, -0.2) is 0 Å². The van der Waals surface area contributed by atoms with Gasteiger partial charge in [0.15, 0.2) is 0 Å². The third-order valence-corrected chi connectivity index (χ3v) is 5.35. The zero-order chi connectivity index (χ0) is 13.5. The van der Waals surface area contributed by atoms with Crippen LogP contribution in [0.15, 0.2) is 18.3 Å². The van der Waals surface area contributed by atoms with E-state index in [0.717, 1.165) is 19.3 Å². The van der Waals surface area contributed by atoms with E-state index < -0.39 is 5.60 Å². The number of aliphatic hydroxyl groups is 1. The van der Waals surface area contributed by atoms with Gasteiger partial charge in [-0.05, 0) is 49.1 Å². The molecule has 3 unspecified atom stereocenters. The maximum absolute atomic E-state index is 11.4. The Morgan fingerprint density at radius 1 is 1.32 bits per heavy atom. The summed E-state index contributed by atoms with van der Waals surface area (Å²) in [5.41, 5.74) is 2.01. The summed E-state index contributed by atoms with van der Waals surface area (Å²) in [6.45, 7) is 4.52. The molecule has 3 atom stereocenters. The van der Waals surface area contributed by atoms with Crippen molar-refractivity contribution in [2.24, 2.45) is 11.8 Å². The molecule has 1 fully saturated rings. The second-order valence-electron chi connectivity index (χ2n) is 6.73. The Morgan fingerprint density at radius 3 is 2.95 bits per heavy atom. The first-order valence-corrected chi connectivity index (χ1v) is 7.79. The highest BCUT2D eigenvalue weighted by Gasteiger charge is 2.49. The third-order valence-electron chi connectivity index (χ3n) is 5.35. The highest BCUT2D eigenvalue weighted by Crippen LogP contribution is 2.50. The van der Waals surface area contributed by atoms with Crippen LogP contribution in [0.3, 0.4) is 0 Å². The van der Waals surface area contributed by atoms with Gasteiger partial charge in [0.2, 0.25) is 0 Å². The highest BCUT2D eigenvalue weighted by atomic mass is 16.3. The zero-order valence-electron chi connectivity index (χ0n) is 12.1. The number of nitrogens with zero attached hydrogens (tertiary/aromatic N) is 1.